The average Bonchev–Trinajstić information content (AvgIpc) is 3.20. The molecule has 170 valence electrons. The highest BCUT2D eigenvalue weighted by molar-refractivity contribution is 5.90. The summed E-state index contributed by atoms with van der Waals surface area (Å²) in [7, 11) is 4.41. The fraction of sp³-hybridized carbons (Fsp3) is 0.500. The molecule has 8 heteroatoms. The number of hydrogen-bond donors (Lipinski definition) is 1. The Kier molecular flexibility index (Phi) is 5.22. The number of carbonyl (C=O) groups is 2. The summed E-state index contributed by atoms with van der Waals surface area (Å²) < 4.78 is 22.3. The second-order valence-electron chi connectivity index (χ2n) is 8.67. The number of piperidine rings is 1. The number of rotatable bonds is 3. The quantitative estimate of drug-likeness (QED) is 0.733. The molecule has 0 bridgehead atoms. The number of fused-ring (bicyclic) bond motifs is 6. The van der Waals surface area contributed by atoms with Crippen LogP contribution in [0.5, 0.6) is 0 Å². The van der Waals surface area contributed by atoms with Gasteiger partial charge in [-0.15, -0.1) is 0 Å². The lowest BCUT2D eigenvalue weighted by Gasteiger charge is -2.55. The molecular formula is C24H28N2O6. The topological polar surface area (TPSA) is 90.1 Å². The predicted octanol–water partition coefficient (Wildman–Crippen LogP) is 2.35. The maximum Gasteiger partial charge on any atom is 0.337 e. The first-order valence-corrected chi connectivity index (χ1v) is 10.9. The summed E-state index contributed by atoms with van der Waals surface area (Å²) in [6.07, 6.45) is 1.58. The zero-order chi connectivity index (χ0) is 22.6. The van der Waals surface area contributed by atoms with Gasteiger partial charge in [0.2, 0.25) is 0 Å². The molecule has 0 aliphatic carbocycles. The van der Waals surface area contributed by atoms with Crippen LogP contribution in [0, 0.1) is 11.8 Å². The van der Waals surface area contributed by atoms with Gasteiger partial charge in [-0.1, -0.05) is 18.2 Å². The van der Waals surface area contributed by atoms with Crippen molar-refractivity contribution in [2.24, 2.45) is 11.8 Å². The van der Waals surface area contributed by atoms with Crippen molar-refractivity contribution in [1.29, 1.82) is 0 Å². The summed E-state index contributed by atoms with van der Waals surface area (Å²) in [6.45, 7) is 2.59. The van der Waals surface area contributed by atoms with Crippen LogP contribution in [0.2, 0.25) is 0 Å². The van der Waals surface area contributed by atoms with Crippen molar-refractivity contribution in [2.45, 2.75) is 37.6 Å². The van der Waals surface area contributed by atoms with E-state index in [9.17, 15) is 9.59 Å². The summed E-state index contributed by atoms with van der Waals surface area (Å²) >= 11 is 0. The Morgan fingerprint density at radius 2 is 1.94 bits per heavy atom. The van der Waals surface area contributed by atoms with Crippen molar-refractivity contribution >= 4 is 22.8 Å². The highest BCUT2D eigenvalue weighted by Gasteiger charge is 2.59. The van der Waals surface area contributed by atoms with Crippen molar-refractivity contribution in [2.75, 3.05) is 27.9 Å². The molecule has 3 aliphatic rings. The van der Waals surface area contributed by atoms with Gasteiger partial charge in [0.1, 0.15) is 12.1 Å². The van der Waals surface area contributed by atoms with Gasteiger partial charge in [-0.05, 0) is 25.0 Å². The maximum atomic E-state index is 13.1. The van der Waals surface area contributed by atoms with Crippen LogP contribution in [0.25, 0.3) is 10.9 Å². The lowest BCUT2D eigenvalue weighted by molar-refractivity contribution is -0.179. The number of benzene rings is 1. The smallest absolute Gasteiger partial charge is 0.337 e. The zero-order valence-corrected chi connectivity index (χ0v) is 18.7. The van der Waals surface area contributed by atoms with Crippen LogP contribution in [0.4, 0.5) is 0 Å². The molecule has 6 atom stereocenters. The molecule has 3 aliphatic heterocycles. The minimum absolute atomic E-state index is 0.250. The number of nitrogens with one attached hydrogen (secondary N) is 1. The predicted molar refractivity (Wildman–Crippen MR) is 116 cm³/mol. The number of aromatic nitrogens is 1. The fourth-order valence-corrected chi connectivity index (χ4v) is 6.06. The van der Waals surface area contributed by atoms with E-state index in [-0.39, 0.29) is 36.1 Å². The molecule has 1 N–H and O–H groups in total. The minimum atomic E-state index is -0.579. The van der Waals surface area contributed by atoms with E-state index in [1.54, 1.807) is 7.11 Å². The van der Waals surface area contributed by atoms with Crippen molar-refractivity contribution in [1.82, 2.24) is 9.88 Å². The van der Waals surface area contributed by atoms with E-state index in [4.69, 9.17) is 18.9 Å². The zero-order valence-electron chi connectivity index (χ0n) is 18.7. The average molecular weight is 440 g/mol. The number of para-hydroxylation sites is 1. The van der Waals surface area contributed by atoms with Crippen LogP contribution in [-0.2, 0) is 35.0 Å². The number of nitrogens with zero attached hydrogens (tertiary/aromatic N) is 1. The molecule has 0 amide bonds. The molecule has 5 rings (SSSR count). The molecule has 32 heavy (non-hydrogen) atoms. The Bertz CT molecular complexity index is 1090. The first-order valence-electron chi connectivity index (χ1n) is 10.9. The van der Waals surface area contributed by atoms with Crippen LogP contribution in [0.1, 0.15) is 24.2 Å². The van der Waals surface area contributed by atoms with E-state index in [1.165, 1.54) is 31.4 Å². The Morgan fingerprint density at radius 1 is 1.16 bits per heavy atom. The summed E-state index contributed by atoms with van der Waals surface area (Å²) in [5.41, 5.74) is 3.70. The molecule has 8 nitrogen and oxygen atoms in total. The summed E-state index contributed by atoms with van der Waals surface area (Å²) in [5.74, 6) is -1.52. The molecule has 3 unspecified atom stereocenters. The third-order valence-corrected chi connectivity index (χ3v) is 7.37. The third kappa shape index (κ3) is 2.89. The number of methoxy groups -OCH3 is 3. The molecule has 0 radical (unpaired) electrons. The third-order valence-electron chi connectivity index (χ3n) is 7.37. The van der Waals surface area contributed by atoms with Crippen LogP contribution in [0.3, 0.4) is 0 Å². The van der Waals surface area contributed by atoms with E-state index in [0.717, 1.165) is 17.6 Å². The highest BCUT2D eigenvalue weighted by Crippen LogP contribution is 2.51. The molecule has 4 heterocycles. The molecule has 1 aromatic carbocycles. The monoisotopic (exact) mass is 440 g/mol. The van der Waals surface area contributed by atoms with Crippen molar-refractivity contribution in [3.8, 4) is 0 Å². The van der Waals surface area contributed by atoms with Gasteiger partial charge >= 0.3 is 11.9 Å². The first kappa shape index (κ1) is 21.0. The van der Waals surface area contributed by atoms with Crippen molar-refractivity contribution < 1.29 is 28.5 Å². The van der Waals surface area contributed by atoms with E-state index >= 15 is 0 Å². The number of carbonyl (C=O) groups excluding carboxylic acids is 2. The Hall–Kier alpha value is -2.84. The largest absolute Gasteiger partial charge is 0.497 e. The summed E-state index contributed by atoms with van der Waals surface area (Å²) in [6, 6.07) is 7.37. The van der Waals surface area contributed by atoms with Crippen molar-refractivity contribution in [3.05, 3.63) is 47.4 Å². The lowest BCUT2D eigenvalue weighted by atomic mass is 9.66. The van der Waals surface area contributed by atoms with Gasteiger partial charge in [0.15, 0.2) is 0 Å². The normalized spacial score (nSPS) is 31.6. The molecule has 0 saturated carbocycles. The molecular weight excluding hydrogens is 412 g/mol. The van der Waals surface area contributed by atoms with Gasteiger partial charge in [0.25, 0.3) is 0 Å². The Labute approximate surface area is 186 Å². The van der Waals surface area contributed by atoms with E-state index in [0.29, 0.717) is 12.1 Å². The van der Waals surface area contributed by atoms with Crippen LogP contribution < -0.4 is 0 Å². The highest BCUT2D eigenvalue weighted by atomic mass is 16.5. The van der Waals surface area contributed by atoms with Crippen LogP contribution >= 0.6 is 0 Å². The number of hydrogen-bond acceptors (Lipinski definition) is 7. The van der Waals surface area contributed by atoms with Crippen LogP contribution in [-0.4, -0.2) is 67.9 Å². The van der Waals surface area contributed by atoms with E-state index in [1.807, 2.05) is 19.1 Å². The fourth-order valence-electron chi connectivity index (χ4n) is 6.06. The first-order chi connectivity index (χ1) is 15.5. The van der Waals surface area contributed by atoms with Crippen molar-refractivity contribution in [3.63, 3.8) is 0 Å². The molecule has 0 spiro atoms. The van der Waals surface area contributed by atoms with E-state index < -0.39 is 12.0 Å². The minimum Gasteiger partial charge on any atom is -0.497 e. The Balaban J connectivity index is 1.71. The van der Waals surface area contributed by atoms with E-state index in [2.05, 4.69) is 22.0 Å². The summed E-state index contributed by atoms with van der Waals surface area (Å²) in [4.78, 5) is 31.6. The van der Waals surface area contributed by atoms with Gasteiger partial charge in [0, 0.05) is 42.1 Å². The number of ether oxygens (including phenoxy) is 4. The molecule has 1 saturated heterocycles. The van der Waals surface area contributed by atoms with Gasteiger partial charge in [-0.2, -0.15) is 0 Å². The SMILES string of the molecule is COC(=O)C1=CO[C@@H](C)C2C1[C@H](OC)C1c3[nH]c4ccccc4c3CCN1[C@H]2C(=O)OC. The second-order valence-corrected chi connectivity index (χ2v) is 8.67. The van der Waals surface area contributed by atoms with Gasteiger partial charge in [-0.25, -0.2) is 4.79 Å². The number of aromatic amines is 1. The van der Waals surface area contributed by atoms with Crippen LogP contribution in [0.15, 0.2) is 36.1 Å². The molecule has 2 aromatic rings. The summed E-state index contributed by atoms with van der Waals surface area (Å²) in [5, 5.41) is 1.18. The lowest BCUT2D eigenvalue weighted by Crippen LogP contribution is -2.65. The maximum absolute atomic E-state index is 13.1. The molecule has 1 aromatic heterocycles. The molecule has 1 fully saturated rings. The standard InChI is InChI=1S/C24H28N2O6/c1-12-17-18(15(11-32-12)23(27)30-3)22(29-2)21-19-14(13-7-5-6-8-16(13)25-19)9-10-26(21)20(17)24(28)31-4/h5-8,11-12,17-18,20-22,25H,9-10H2,1-4H3/t12-,17?,18?,20+,21?,22-/m0/s1. The Morgan fingerprint density at radius 3 is 2.66 bits per heavy atom. The second kappa shape index (κ2) is 7.94. The van der Waals surface area contributed by atoms with Gasteiger partial charge < -0.3 is 23.9 Å². The number of esters is 2. The van der Waals surface area contributed by atoms with Gasteiger partial charge in [0.05, 0.1) is 38.2 Å². The van der Waals surface area contributed by atoms with Gasteiger partial charge in [-0.3, -0.25) is 9.69 Å². The number of H-pyrrole nitrogens is 1.